The monoisotopic (exact) mass is 260 g/mol. The van der Waals surface area contributed by atoms with Crippen LogP contribution in [0.3, 0.4) is 0 Å². The third-order valence-corrected chi connectivity index (χ3v) is 4.31. The van der Waals surface area contributed by atoms with Gasteiger partial charge in [-0.25, -0.2) is 0 Å². The predicted octanol–water partition coefficient (Wildman–Crippen LogP) is 2.97. The van der Waals surface area contributed by atoms with Crippen molar-refractivity contribution in [2.45, 2.75) is 39.5 Å². The number of anilines is 1. The number of nitrogens with one attached hydrogen (secondary N) is 2. The van der Waals surface area contributed by atoms with Gasteiger partial charge < -0.3 is 10.6 Å². The Morgan fingerprint density at radius 1 is 1.32 bits per heavy atom. The molecule has 2 rings (SSSR count). The predicted molar refractivity (Wildman–Crippen MR) is 79.3 cm³/mol. The summed E-state index contributed by atoms with van der Waals surface area (Å²) in [7, 11) is 0. The van der Waals surface area contributed by atoms with E-state index in [0.29, 0.717) is 0 Å². The van der Waals surface area contributed by atoms with E-state index in [9.17, 15) is 4.79 Å². The summed E-state index contributed by atoms with van der Waals surface area (Å²) in [4.78, 5) is 12.6. The molecule has 1 aromatic rings. The zero-order valence-electron chi connectivity index (χ0n) is 12.0. The van der Waals surface area contributed by atoms with E-state index in [2.05, 4.69) is 36.6 Å². The minimum absolute atomic E-state index is 0.185. The second-order valence-corrected chi connectivity index (χ2v) is 5.39. The summed E-state index contributed by atoms with van der Waals surface area (Å²) in [5, 5.41) is 6.44. The van der Waals surface area contributed by atoms with Crippen LogP contribution in [0.2, 0.25) is 0 Å². The molecule has 0 radical (unpaired) electrons. The molecule has 104 valence electrons. The van der Waals surface area contributed by atoms with Gasteiger partial charge in [-0.15, -0.1) is 0 Å². The first-order valence-electron chi connectivity index (χ1n) is 7.31. The van der Waals surface area contributed by atoms with Gasteiger partial charge >= 0.3 is 0 Å². The number of carbonyl (C=O) groups excluding carboxylic acids is 1. The lowest BCUT2D eigenvalue weighted by atomic mass is 9.76. The Balaban J connectivity index is 2.10. The van der Waals surface area contributed by atoms with Gasteiger partial charge in [0.2, 0.25) is 5.91 Å². The quantitative estimate of drug-likeness (QED) is 0.874. The molecule has 1 heterocycles. The molecule has 0 aliphatic carbocycles. The number of aryl methyl sites for hydroxylation is 1. The summed E-state index contributed by atoms with van der Waals surface area (Å²) >= 11 is 0. The molecule has 1 fully saturated rings. The standard InChI is InChI=1S/C16H24N2O/c1-3-13-6-5-7-14(12-13)18-15(19)16(4-2)8-10-17-11-9-16/h5-7,12,17H,3-4,8-11H2,1-2H3,(H,18,19). The highest BCUT2D eigenvalue weighted by Gasteiger charge is 2.37. The number of carbonyl (C=O) groups is 1. The first-order chi connectivity index (χ1) is 9.20. The van der Waals surface area contributed by atoms with Crippen LogP contribution in [0.15, 0.2) is 24.3 Å². The highest BCUT2D eigenvalue weighted by Crippen LogP contribution is 2.33. The Labute approximate surface area is 115 Å². The third kappa shape index (κ3) is 3.16. The molecule has 1 aromatic carbocycles. The molecule has 1 aliphatic rings. The van der Waals surface area contributed by atoms with Crippen molar-refractivity contribution >= 4 is 11.6 Å². The third-order valence-electron chi connectivity index (χ3n) is 4.31. The number of amides is 1. The van der Waals surface area contributed by atoms with Crippen LogP contribution in [-0.4, -0.2) is 19.0 Å². The molecular weight excluding hydrogens is 236 g/mol. The summed E-state index contributed by atoms with van der Waals surface area (Å²) < 4.78 is 0. The lowest BCUT2D eigenvalue weighted by molar-refractivity contribution is -0.127. The van der Waals surface area contributed by atoms with Crippen LogP contribution < -0.4 is 10.6 Å². The number of benzene rings is 1. The molecule has 1 saturated heterocycles. The van der Waals surface area contributed by atoms with Gasteiger partial charge in [-0.2, -0.15) is 0 Å². The van der Waals surface area contributed by atoms with Crippen molar-refractivity contribution in [3.63, 3.8) is 0 Å². The van der Waals surface area contributed by atoms with Crippen LogP contribution in [0, 0.1) is 5.41 Å². The fourth-order valence-electron chi connectivity index (χ4n) is 2.78. The largest absolute Gasteiger partial charge is 0.326 e. The zero-order valence-corrected chi connectivity index (χ0v) is 12.0. The van der Waals surface area contributed by atoms with Crippen molar-refractivity contribution in [1.82, 2.24) is 5.32 Å². The smallest absolute Gasteiger partial charge is 0.230 e. The molecule has 0 spiro atoms. The van der Waals surface area contributed by atoms with E-state index in [1.54, 1.807) is 0 Å². The zero-order chi connectivity index (χ0) is 13.7. The lowest BCUT2D eigenvalue weighted by Crippen LogP contribution is -2.44. The average molecular weight is 260 g/mol. The van der Waals surface area contributed by atoms with Gasteiger partial charge in [0.15, 0.2) is 0 Å². The van der Waals surface area contributed by atoms with Crippen LogP contribution in [0.1, 0.15) is 38.7 Å². The number of hydrogen-bond donors (Lipinski definition) is 2. The molecule has 1 aliphatic heterocycles. The van der Waals surface area contributed by atoms with Gasteiger partial charge in [-0.3, -0.25) is 4.79 Å². The Kier molecular flexibility index (Phi) is 4.59. The molecule has 2 N–H and O–H groups in total. The van der Waals surface area contributed by atoms with Crippen molar-refractivity contribution in [3.05, 3.63) is 29.8 Å². The maximum Gasteiger partial charge on any atom is 0.230 e. The fraction of sp³-hybridized carbons (Fsp3) is 0.562. The SMILES string of the molecule is CCc1cccc(NC(=O)C2(CC)CCNCC2)c1. The molecular formula is C16H24N2O. The Morgan fingerprint density at radius 2 is 2.05 bits per heavy atom. The fourth-order valence-corrected chi connectivity index (χ4v) is 2.78. The molecule has 0 saturated carbocycles. The summed E-state index contributed by atoms with van der Waals surface area (Å²) in [5.41, 5.74) is 2.00. The summed E-state index contributed by atoms with van der Waals surface area (Å²) in [6.45, 7) is 6.13. The van der Waals surface area contributed by atoms with E-state index in [1.807, 2.05) is 12.1 Å². The molecule has 3 nitrogen and oxygen atoms in total. The van der Waals surface area contributed by atoms with Crippen molar-refractivity contribution in [2.24, 2.45) is 5.41 Å². The van der Waals surface area contributed by atoms with E-state index in [4.69, 9.17) is 0 Å². The minimum atomic E-state index is -0.187. The maximum absolute atomic E-state index is 12.6. The second kappa shape index (κ2) is 6.20. The molecule has 0 unspecified atom stereocenters. The van der Waals surface area contributed by atoms with Gasteiger partial charge in [0.25, 0.3) is 0 Å². The molecule has 19 heavy (non-hydrogen) atoms. The minimum Gasteiger partial charge on any atom is -0.326 e. The lowest BCUT2D eigenvalue weighted by Gasteiger charge is -2.35. The highest BCUT2D eigenvalue weighted by molar-refractivity contribution is 5.95. The Morgan fingerprint density at radius 3 is 2.68 bits per heavy atom. The average Bonchev–Trinajstić information content (AvgIpc) is 2.48. The molecule has 0 bridgehead atoms. The van der Waals surface area contributed by atoms with E-state index in [1.165, 1.54) is 5.56 Å². The Bertz CT molecular complexity index is 436. The van der Waals surface area contributed by atoms with E-state index in [-0.39, 0.29) is 11.3 Å². The van der Waals surface area contributed by atoms with Crippen molar-refractivity contribution in [1.29, 1.82) is 0 Å². The van der Waals surface area contributed by atoms with Crippen molar-refractivity contribution < 1.29 is 4.79 Å². The molecule has 1 amide bonds. The maximum atomic E-state index is 12.6. The van der Waals surface area contributed by atoms with Crippen LogP contribution in [-0.2, 0) is 11.2 Å². The normalized spacial score (nSPS) is 18.0. The topological polar surface area (TPSA) is 41.1 Å². The molecule has 3 heteroatoms. The van der Waals surface area contributed by atoms with Gasteiger partial charge in [0, 0.05) is 5.69 Å². The summed E-state index contributed by atoms with van der Waals surface area (Å²) in [6, 6.07) is 8.15. The first kappa shape index (κ1) is 14.1. The number of hydrogen-bond acceptors (Lipinski definition) is 2. The van der Waals surface area contributed by atoms with Gasteiger partial charge in [-0.1, -0.05) is 26.0 Å². The van der Waals surface area contributed by atoms with Crippen LogP contribution >= 0.6 is 0 Å². The van der Waals surface area contributed by atoms with Crippen LogP contribution in [0.5, 0.6) is 0 Å². The summed E-state index contributed by atoms with van der Waals surface area (Å²) in [5.74, 6) is 0.185. The first-order valence-corrected chi connectivity index (χ1v) is 7.31. The van der Waals surface area contributed by atoms with Gasteiger partial charge in [-0.05, 0) is 56.5 Å². The van der Waals surface area contributed by atoms with Crippen LogP contribution in [0.4, 0.5) is 5.69 Å². The second-order valence-electron chi connectivity index (χ2n) is 5.39. The number of piperidine rings is 1. The van der Waals surface area contributed by atoms with Gasteiger partial charge in [0.05, 0.1) is 5.41 Å². The van der Waals surface area contributed by atoms with Gasteiger partial charge in [0.1, 0.15) is 0 Å². The van der Waals surface area contributed by atoms with Crippen LogP contribution in [0.25, 0.3) is 0 Å². The van der Waals surface area contributed by atoms with E-state index in [0.717, 1.165) is 44.5 Å². The van der Waals surface area contributed by atoms with E-state index >= 15 is 0 Å². The molecule has 0 atom stereocenters. The summed E-state index contributed by atoms with van der Waals surface area (Å²) in [6.07, 6.45) is 3.77. The highest BCUT2D eigenvalue weighted by atomic mass is 16.2. The molecule has 0 aromatic heterocycles. The number of rotatable bonds is 4. The van der Waals surface area contributed by atoms with Crippen molar-refractivity contribution in [2.75, 3.05) is 18.4 Å². The van der Waals surface area contributed by atoms with E-state index < -0.39 is 0 Å². The Hall–Kier alpha value is -1.35. The van der Waals surface area contributed by atoms with Crippen molar-refractivity contribution in [3.8, 4) is 0 Å².